The minimum absolute atomic E-state index is 0.437. The van der Waals surface area contributed by atoms with Gasteiger partial charge in [0.1, 0.15) is 0 Å². The van der Waals surface area contributed by atoms with Gasteiger partial charge in [-0.25, -0.2) is 0 Å². The van der Waals surface area contributed by atoms with Crippen LogP contribution in [0, 0.1) is 0 Å². The lowest BCUT2D eigenvalue weighted by molar-refractivity contribution is 0.861. The molecule has 0 N–H and O–H groups in total. The van der Waals surface area contributed by atoms with Crippen molar-refractivity contribution in [1.82, 2.24) is 0 Å². The molecule has 1 heterocycles. The molecule has 1 aromatic rings. The zero-order valence-corrected chi connectivity index (χ0v) is 9.31. The number of anilines is 1. The first-order valence-electron chi connectivity index (χ1n) is 4.42. The molecule has 1 atom stereocenters. The lowest BCUT2D eigenvalue weighted by Crippen LogP contribution is -2.25. The standard InChI is InChI=1S/C10H13NS2/c1-8(12)6-11-7-13-10-5-3-2-4-9(10)11/h2-5,8,12H,6-7H2,1H3. The number of hydrogen-bond donors (Lipinski definition) is 1. The molecule has 0 fully saturated rings. The van der Waals surface area contributed by atoms with Crippen molar-refractivity contribution in [3.63, 3.8) is 0 Å². The van der Waals surface area contributed by atoms with Gasteiger partial charge in [0.05, 0.1) is 11.6 Å². The number of para-hydroxylation sites is 1. The molecule has 3 heteroatoms. The van der Waals surface area contributed by atoms with Crippen molar-refractivity contribution < 1.29 is 0 Å². The molecule has 0 amide bonds. The van der Waals surface area contributed by atoms with Crippen molar-refractivity contribution >= 4 is 30.1 Å². The third-order valence-corrected chi connectivity index (χ3v) is 3.33. The van der Waals surface area contributed by atoms with Crippen LogP contribution in [0.15, 0.2) is 29.2 Å². The van der Waals surface area contributed by atoms with E-state index in [2.05, 4.69) is 48.7 Å². The molecule has 0 aliphatic carbocycles. The number of hydrogen-bond acceptors (Lipinski definition) is 3. The molecule has 1 unspecified atom stereocenters. The molecule has 0 spiro atoms. The Morgan fingerprint density at radius 2 is 2.31 bits per heavy atom. The Morgan fingerprint density at radius 3 is 3.08 bits per heavy atom. The van der Waals surface area contributed by atoms with Crippen molar-refractivity contribution in [2.75, 3.05) is 17.3 Å². The zero-order chi connectivity index (χ0) is 9.26. The summed E-state index contributed by atoms with van der Waals surface area (Å²) in [6.07, 6.45) is 0. The van der Waals surface area contributed by atoms with Gasteiger partial charge in [0, 0.05) is 16.7 Å². The molecule has 13 heavy (non-hydrogen) atoms. The number of rotatable bonds is 2. The highest BCUT2D eigenvalue weighted by Gasteiger charge is 2.19. The highest BCUT2D eigenvalue weighted by molar-refractivity contribution is 7.99. The molecule has 0 saturated carbocycles. The molecule has 0 aromatic heterocycles. The predicted molar refractivity (Wildman–Crippen MR) is 63.0 cm³/mol. The predicted octanol–water partition coefficient (Wildman–Crippen LogP) is 2.87. The van der Waals surface area contributed by atoms with E-state index in [1.54, 1.807) is 0 Å². The van der Waals surface area contributed by atoms with E-state index in [1.807, 2.05) is 11.8 Å². The van der Waals surface area contributed by atoms with E-state index >= 15 is 0 Å². The molecular formula is C10H13NS2. The summed E-state index contributed by atoms with van der Waals surface area (Å²) in [5.41, 5.74) is 1.37. The van der Waals surface area contributed by atoms with Crippen molar-refractivity contribution in [2.45, 2.75) is 17.1 Å². The molecule has 0 bridgehead atoms. The smallest absolute Gasteiger partial charge is 0.0687 e. The van der Waals surface area contributed by atoms with Gasteiger partial charge in [0.2, 0.25) is 0 Å². The summed E-state index contributed by atoms with van der Waals surface area (Å²) >= 11 is 6.32. The van der Waals surface area contributed by atoms with Crippen LogP contribution in [0.1, 0.15) is 6.92 Å². The van der Waals surface area contributed by atoms with E-state index in [0.717, 1.165) is 12.4 Å². The fourth-order valence-corrected chi connectivity index (χ4v) is 2.78. The van der Waals surface area contributed by atoms with Crippen LogP contribution >= 0.6 is 24.4 Å². The summed E-state index contributed by atoms with van der Waals surface area (Å²) < 4.78 is 0. The van der Waals surface area contributed by atoms with Gasteiger partial charge in [-0.05, 0) is 12.1 Å². The van der Waals surface area contributed by atoms with Gasteiger partial charge >= 0.3 is 0 Å². The molecule has 0 saturated heterocycles. The van der Waals surface area contributed by atoms with E-state index in [0.29, 0.717) is 5.25 Å². The average molecular weight is 211 g/mol. The maximum Gasteiger partial charge on any atom is 0.0687 e. The van der Waals surface area contributed by atoms with E-state index in [9.17, 15) is 0 Å². The molecule has 0 radical (unpaired) electrons. The van der Waals surface area contributed by atoms with Gasteiger partial charge < -0.3 is 4.90 Å². The second kappa shape index (κ2) is 3.84. The quantitative estimate of drug-likeness (QED) is 0.749. The van der Waals surface area contributed by atoms with E-state index in [1.165, 1.54) is 10.6 Å². The number of nitrogens with zero attached hydrogens (tertiary/aromatic N) is 1. The van der Waals surface area contributed by atoms with Gasteiger partial charge in [-0.2, -0.15) is 12.6 Å². The van der Waals surface area contributed by atoms with Crippen molar-refractivity contribution in [3.05, 3.63) is 24.3 Å². The minimum atomic E-state index is 0.437. The molecule has 2 rings (SSSR count). The van der Waals surface area contributed by atoms with Crippen molar-refractivity contribution in [3.8, 4) is 0 Å². The largest absolute Gasteiger partial charge is 0.360 e. The van der Waals surface area contributed by atoms with E-state index in [4.69, 9.17) is 0 Å². The molecule has 1 nitrogen and oxygen atoms in total. The van der Waals surface area contributed by atoms with Crippen LogP contribution in [0.25, 0.3) is 0 Å². The van der Waals surface area contributed by atoms with Gasteiger partial charge in [0.15, 0.2) is 0 Å². The molecule has 70 valence electrons. The van der Waals surface area contributed by atoms with Gasteiger partial charge in [0.25, 0.3) is 0 Å². The van der Waals surface area contributed by atoms with Gasteiger partial charge in [-0.1, -0.05) is 19.1 Å². The Bertz CT molecular complexity index is 299. The number of fused-ring (bicyclic) bond motifs is 1. The topological polar surface area (TPSA) is 3.24 Å². The van der Waals surface area contributed by atoms with Crippen molar-refractivity contribution in [2.24, 2.45) is 0 Å². The van der Waals surface area contributed by atoms with Crippen LogP contribution in [-0.4, -0.2) is 17.7 Å². The SMILES string of the molecule is CC(S)CN1CSc2ccccc21. The number of benzene rings is 1. The Hall–Kier alpha value is -0.280. The summed E-state index contributed by atoms with van der Waals surface area (Å²) in [5.74, 6) is 1.07. The maximum atomic E-state index is 4.41. The average Bonchev–Trinajstić information content (AvgIpc) is 2.48. The van der Waals surface area contributed by atoms with Gasteiger partial charge in [-0.3, -0.25) is 0 Å². The summed E-state index contributed by atoms with van der Waals surface area (Å²) in [6.45, 7) is 3.17. The second-order valence-electron chi connectivity index (χ2n) is 3.31. The number of thiol groups is 1. The molecule has 1 aromatic carbocycles. The second-order valence-corrected chi connectivity index (χ2v) is 5.18. The third kappa shape index (κ3) is 1.97. The Morgan fingerprint density at radius 1 is 1.54 bits per heavy atom. The third-order valence-electron chi connectivity index (χ3n) is 2.07. The summed E-state index contributed by atoms with van der Waals surface area (Å²) in [4.78, 5) is 3.79. The normalized spacial score (nSPS) is 17.2. The highest BCUT2D eigenvalue weighted by Crippen LogP contribution is 2.37. The molecular weight excluding hydrogens is 198 g/mol. The van der Waals surface area contributed by atoms with Crippen LogP contribution < -0.4 is 4.90 Å². The van der Waals surface area contributed by atoms with Crippen LogP contribution in [0.5, 0.6) is 0 Å². The Balaban J connectivity index is 2.18. The molecule has 1 aliphatic rings. The fraction of sp³-hybridized carbons (Fsp3) is 0.400. The highest BCUT2D eigenvalue weighted by atomic mass is 32.2. The molecule has 1 aliphatic heterocycles. The first-order chi connectivity index (χ1) is 6.27. The maximum absolute atomic E-state index is 4.41. The van der Waals surface area contributed by atoms with Crippen LogP contribution in [-0.2, 0) is 0 Å². The summed E-state index contributed by atoms with van der Waals surface area (Å²) in [5, 5.41) is 0.437. The van der Waals surface area contributed by atoms with E-state index in [-0.39, 0.29) is 0 Å². The minimum Gasteiger partial charge on any atom is -0.360 e. The first kappa shape index (κ1) is 9.28. The fourth-order valence-electron chi connectivity index (χ4n) is 1.53. The summed E-state index contributed by atoms with van der Waals surface area (Å²) in [6, 6.07) is 8.56. The van der Waals surface area contributed by atoms with Gasteiger partial charge in [-0.15, -0.1) is 11.8 Å². The van der Waals surface area contributed by atoms with Crippen LogP contribution in [0.2, 0.25) is 0 Å². The zero-order valence-electron chi connectivity index (χ0n) is 7.60. The summed E-state index contributed by atoms with van der Waals surface area (Å²) in [7, 11) is 0. The van der Waals surface area contributed by atoms with Crippen molar-refractivity contribution in [1.29, 1.82) is 0 Å². The number of thioether (sulfide) groups is 1. The Labute approximate surface area is 88.9 Å². The van der Waals surface area contributed by atoms with E-state index < -0.39 is 0 Å². The van der Waals surface area contributed by atoms with Crippen LogP contribution in [0.3, 0.4) is 0 Å². The monoisotopic (exact) mass is 211 g/mol. The Kier molecular flexibility index (Phi) is 2.74. The first-order valence-corrected chi connectivity index (χ1v) is 5.92. The lowest BCUT2D eigenvalue weighted by atomic mass is 10.3. The van der Waals surface area contributed by atoms with Crippen LogP contribution in [0.4, 0.5) is 5.69 Å². The lowest BCUT2D eigenvalue weighted by Gasteiger charge is -2.19.